The molecule has 1 aliphatic heterocycles. The van der Waals surface area contributed by atoms with Gasteiger partial charge in [-0.05, 0) is 26.0 Å². The standard InChI is InChI=1S/C10H15NO2/c1-7-8(2)13-10(6-11-7)9-4-3-5-12-9/h3-5,7-8,10-11H,6H2,1-2H3. The molecule has 72 valence electrons. The minimum Gasteiger partial charge on any atom is -0.467 e. The van der Waals surface area contributed by atoms with Gasteiger partial charge in [-0.2, -0.15) is 0 Å². The zero-order valence-electron chi connectivity index (χ0n) is 7.99. The highest BCUT2D eigenvalue weighted by Gasteiger charge is 2.26. The molecular formula is C10H15NO2. The highest BCUT2D eigenvalue weighted by atomic mass is 16.5. The van der Waals surface area contributed by atoms with Gasteiger partial charge in [0.2, 0.25) is 0 Å². The summed E-state index contributed by atoms with van der Waals surface area (Å²) in [5, 5.41) is 3.39. The number of furan rings is 1. The van der Waals surface area contributed by atoms with E-state index in [2.05, 4.69) is 19.2 Å². The van der Waals surface area contributed by atoms with Crippen molar-refractivity contribution in [2.24, 2.45) is 0 Å². The Morgan fingerprint density at radius 1 is 1.46 bits per heavy atom. The number of hydrogen-bond donors (Lipinski definition) is 1. The first kappa shape index (κ1) is 8.78. The van der Waals surface area contributed by atoms with Gasteiger partial charge in [-0.25, -0.2) is 0 Å². The van der Waals surface area contributed by atoms with Crippen molar-refractivity contribution in [3.63, 3.8) is 0 Å². The number of ether oxygens (including phenoxy) is 1. The SMILES string of the molecule is CC1NCC(c2ccco2)OC1C. The fraction of sp³-hybridized carbons (Fsp3) is 0.600. The van der Waals surface area contributed by atoms with Crippen LogP contribution >= 0.6 is 0 Å². The van der Waals surface area contributed by atoms with E-state index in [0.717, 1.165) is 12.3 Å². The van der Waals surface area contributed by atoms with Gasteiger partial charge in [0.1, 0.15) is 11.9 Å². The smallest absolute Gasteiger partial charge is 0.133 e. The first-order valence-corrected chi connectivity index (χ1v) is 4.69. The number of hydrogen-bond acceptors (Lipinski definition) is 3. The van der Waals surface area contributed by atoms with Gasteiger partial charge in [0, 0.05) is 12.6 Å². The van der Waals surface area contributed by atoms with E-state index in [1.54, 1.807) is 6.26 Å². The van der Waals surface area contributed by atoms with Crippen LogP contribution in [0.1, 0.15) is 25.7 Å². The fourth-order valence-corrected chi connectivity index (χ4v) is 1.53. The highest BCUT2D eigenvalue weighted by Crippen LogP contribution is 2.23. The van der Waals surface area contributed by atoms with Gasteiger partial charge in [-0.1, -0.05) is 0 Å². The predicted octanol–water partition coefficient (Wildman–Crippen LogP) is 1.72. The minimum atomic E-state index is 0.0706. The summed E-state index contributed by atoms with van der Waals surface area (Å²) in [4.78, 5) is 0. The van der Waals surface area contributed by atoms with E-state index in [9.17, 15) is 0 Å². The molecular weight excluding hydrogens is 166 g/mol. The lowest BCUT2D eigenvalue weighted by molar-refractivity contribution is -0.0599. The number of rotatable bonds is 1. The molecule has 1 aliphatic rings. The summed E-state index contributed by atoms with van der Waals surface area (Å²) in [7, 11) is 0. The molecule has 3 atom stereocenters. The van der Waals surface area contributed by atoms with Crippen LogP contribution in [0.3, 0.4) is 0 Å². The van der Waals surface area contributed by atoms with Crippen molar-refractivity contribution in [2.45, 2.75) is 32.1 Å². The van der Waals surface area contributed by atoms with Crippen molar-refractivity contribution in [1.29, 1.82) is 0 Å². The summed E-state index contributed by atoms with van der Waals surface area (Å²) < 4.78 is 11.1. The predicted molar refractivity (Wildman–Crippen MR) is 49.5 cm³/mol. The third-order valence-electron chi connectivity index (χ3n) is 2.57. The molecule has 2 heterocycles. The van der Waals surface area contributed by atoms with Crippen LogP contribution in [0.5, 0.6) is 0 Å². The molecule has 3 nitrogen and oxygen atoms in total. The van der Waals surface area contributed by atoms with Gasteiger partial charge in [0.05, 0.1) is 12.4 Å². The molecule has 1 N–H and O–H groups in total. The molecule has 0 amide bonds. The van der Waals surface area contributed by atoms with E-state index >= 15 is 0 Å². The van der Waals surface area contributed by atoms with Gasteiger partial charge in [0.15, 0.2) is 0 Å². The van der Waals surface area contributed by atoms with Crippen LogP contribution in [-0.2, 0) is 4.74 Å². The lowest BCUT2D eigenvalue weighted by Gasteiger charge is -2.32. The molecule has 0 aliphatic carbocycles. The monoisotopic (exact) mass is 181 g/mol. The molecule has 0 radical (unpaired) electrons. The first-order valence-electron chi connectivity index (χ1n) is 4.69. The molecule has 0 spiro atoms. The van der Waals surface area contributed by atoms with E-state index in [4.69, 9.17) is 9.15 Å². The van der Waals surface area contributed by atoms with Crippen molar-refractivity contribution in [1.82, 2.24) is 5.32 Å². The molecule has 3 heteroatoms. The third-order valence-corrected chi connectivity index (χ3v) is 2.57. The Labute approximate surface area is 78.1 Å². The average Bonchev–Trinajstić information content (AvgIpc) is 2.62. The summed E-state index contributed by atoms with van der Waals surface area (Å²) >= 11 is 0. The maximum atomic E-state index is 5.79. The van der Waals surface area contributed by atoms with Crippen LogP contribution < -0.4 is 5.32 Å². The Morgan fingerprint density at radius 3 is 2.92 bits per heavy atom. The second-order valence-electron chi connectivity index (χ2n) is 3.54. The molecule has 1 aromatic heterocycles. The minimum absolute atomic E-state index is 0.0706. The normalized spacial score (nSPS) is 34.8. The molecule has 1 aromatic rings. The second-order valence-corrected chi connectivity index (χ2v) is 3.54. The van der Waals surface area contributed by atoms with E-state index in [0.29, 0.717) is 6.04 Å². The Hall–Kier alpha value is -0.800. The van der Waals surface area contributed by atoms with Crippen LogP contribution in [-0.4, -0.2) is 18.7 Å². The quantitative estimate of drug-likeness (QED) is 0.716. The topological polar surface area (TPSA) is 34.4 Å². The Kier molecular flexibility index (Phi) is 2.38. The molecule has 0 saturated carbocycles. The van der Waals surface area contributed by atoms with E-state index in [1.165, 1.54) is 0 Å². The van der Waals surface area contributed by atoms with Crippen molar-refractivity contribution in [2.75, 3.05) is 6.54 Å². The molecule has 1 fully saturated rings. The van der Waals surface area contributed by atoms with Gasteiger partial charge in [-0.15, -0.1) is 0 Å². The van der Waals surface area contributed by atoms with E-state index in [-0.39, 0.29) is 12.2 Å². The lowest BCUT2D eigenvalue weighted by Crippen LogP contribution is -2.46. The van der Waals surface area contributed by atoms with Crippen LogP contribution in [0.2, 0.25) is 0 Å². The Bertz CT molecular complexity index is 258. The summed E-state index contributed by atoms with van der Waals surface area (Å²) in [5.74, 6) is 0.909. The first-order chi connectivity index (χ1) is 6.27. The fourth-order valence-electron chi connectivity index (χ4n) is 1.53. The third kappa shape index (κ3) is 1.76. The molecule has 3 unspecified atom stereocenters. The van der Waals surface area contributed by atoms with Crippen molar-refractivity contribution in [3.8, 4) is 0 Å². The molecule has 1 saturated heterocycles. The largest absolute Gasteiger partial charge is 0.467 e. The maximum absolute atomic E-state index is 5.79. The summed E-state index contributed by atoms with van der Waals surface area (Å²) in [6.45, 7) is 5.04. The summed E-state index contributed by atoms with van der Waals surface area (Å²) in [6, 6.07) is 4.27. The van der Waals surface area contributed by atoms with Crippen LogP contribution in [0, 0.1) is 0 Å². The Morgan fingerprint density at radius 2 is 2.31 bits per heavy atom. The van der Waals surface area contributed by atoms with Gasteiger partial charge in [-0.3, -0.25) is 0 Å². The second kappa shape index (κ2) is 3.52. The van der Waals surface area contributed by atoms with Gasteiger partial charge >= 0.3 is 0 Å². The summed E-state index contributed by atoms with van der Waals surface area (Å²) in [5.41, 5.74) is 0. The molecule has 0 bridgehead atoms. The van der Waals surface area contributed by atoms with Crippen LogP contribution in [0.25, 0.3) is 0 Å². The van der Waals surface area contributed by atoms with Gasteiger partial charge < -0.3 is 14.5 Å². The zero-order valence-corrected chi connectivity index (χ0v) is 7.99. The number of nitrogens with one attached hydrogen (secondary N) is 1. The number of morpholine rings is 1. The Balaban J connectivity index is 2.03. The van der Waals surface area contributed by atoms with Crippen LogP contribution in [0.4, 0.5) is 0 Å². The lowest BCUT2D eigenvalue weighted by atomic mass is 10.1. The van der Waals surface area contributed by atoms with E-state index in [1.807, 2.05) is 12.1 Å². The van der Waals surface area contributed by atoms with Crippen LogP contribution in [0.15, 0.2) is 22.8 Å². The molecule has 13 heavy (non-hydrogen) atoms. The van der Waals surface area contributed by atoms with E-state index < -0.39 is 0 Å². The zero-order chi connectivity index (χ0) is 9.26. The maximum Gasteiger partial charge on any atom is 0.133 e. The van der Waals surface area contributed by atoms with Crippen molar-refractivity contribution >= 4 is 0 Å². The summed E-state index contributed by atoms with van der Waals surface area (Å²) in [6.07, 6.45) is 1.99. The molecule has 2 rings (SSSR count). The molecule has 0 aromatic carbocycles. The van der Waals surface area contributed by atoms with Crippen molar-refractivity contribution < 1.29 is 9.15 Å². The highest BCUT2D eigenvalue weighted by molar-refractivity contribution is 5.04. The van der Waals surface area contributed by atoms with Crippen molar-refractivity contribution in [3.05, 3.63) is 24.2 Å². The van der Waals surface area contributed by atoms with Gasteiger partial charge in [0.25, 0.3) is 0 Å². The average molecular weight is 181 g/mol.